The Morgan fingerprint density at radius 3 is 2.19 bits per heavy atom. The Balaban J connectivity index is 2.77. The zero-order valence-electron chi connectivity index (χ0n) is 13.3. The molecule has 1 rings (SSSR count). The molecule has 2 N–H and O–H groups in total. The van der Waals surface area contributed by atoms with Crippen LogP contribution in [0.2, 0.25) is 0 Å². The first kappa shape index (κ1) is 17.2. The summed E-state index contributed by atoms with van der Waals surface area (Å²) < 4.78 is 0. The highest BCUT2D eigenvalue weighted by atomic mass is 16.4. The number of carboxylic acid groups (broad SMARTS) is 1. The number of carbonyl (C=O) groups is 2. The number of aliphatic carboxylic acids is 1. The number of hydrogen-bond acceptors (Lipinski definition) is 2. The maximum Gasteiger partial charge on any atom is 0.326 e. The van der Waals surface area contributed by atoms with Crippen molar-refractivity contribution in [2.75, 3.05) is 0 Å². The van der Waals surface area contributed by atoms with Gasteiger partial charge in [-0.25, -0.2) is 4.79 Å². The average molecular weight is 291 g/mol. The summed E-state index contributed by atoms with van der Waals surface area (Å²) in [7, 11) is 0. The number of carbonyl (C=O) groups excluding carboxylic acids is 1. The summed E-state index contributed by atoms with van der Waals surface area (Å²) in [6, 6.07) is 6.45. The van der Waals surface area contributed by atoms with Crippen molar-refractivity contribution in [2.24, 2.45) is 5.41 Å². The number of nitrogens with one attached hydrogen (secondary N) is 1. The lowest BCUT2D eigenvalue weighted by Crippen LogP contribution is -2.49. The summed E-state index contributed by atoms with van der Waals surface area (Å²) in [6.07, 6.45) is 3.25. The van der Waals surface area contributed by atoms with Crippen LogP contribution in [0.5, 0.6) is 0 Å². The number of rotatable bonds is 6. The van der Waals surface area contributed by atoms with E-state index < -0.39 is 17.4 Å². The predicted molar refractivity (Wildman–Crippen MR) is 83.4 cm³/mol. The van der Waals surface area contributed by atoms with Crippen molar-refractivity contribution in [1.29, 1.82) is 0 Å². The van der Waals surface area contributed by atoms with Crippen LogP contribution in [0.25, 0.3) is 0 Å². The Morgan fingerprint density at radius 2 is 1.76 bits per heavy atom. The second-order valence-corrected chi connectivity index (χ2v) is 6.41. The number of amides is 1. The molecule has 4 nitrogen and oxygen atoms in total. The van der Waals surface area contributed by atoms with Crippen molar-refractivity contribution in [3.05, 3.63) is 35.4 Å². The van der Waals surface area contributed by atoms with Gasteiger partial charge in [0.2, 0.25) is 0 Å². The van der Waals surface area contributed by atoms with E-state index in [2.05, 4.69) is 12.2 Å². The minimum absolute atomic E-state index is 0.348. The first-order valence-corrected chi connectivity index (χ1v) is 7.38. The third kappa shape index (κ3) is 5.21. The highest BCUT2D eigenvalue weighted by molar-refractivity contribution is 5.96. The maximum atomic E-state index is 12.2. The molecule has 0 aliphatic carbocycles. The van der Waals surface area contributed by atoms with Gasteiger partial charge >= 0.3 is 5.97 Å². The molecule has 4 heteroatoms. The molecule has 0 radical (unpaired) electrons. The van der Waals surface area contributed by atoms with Crippen molar-refractivity contribution < 1.29 is 14.7 Å². The summed E-state index contributed by atoms with van der Waals surface area (Å²) >= 11 is 0. The SMILES string of the molecule is CCCCc1ccc(C(=O)N[C@H](C(=O)O)C(C)(C)C)cc1. The summed E-state index contributed by atoms with van der Waals surface area (Å²) in [6.45, 7) is 7.51. The van der Waals surface area contributed by atoms with Gasteiger partial charge in [-0.3, -0.25) is 4.79 Å². The molecule has 21 heavy (non-hydrogen) atoms. The number of unbranched alkanes of at least 4 members (excludes halogenated alkanes) is 1. The molecule has 0 unspecified atom stereocenters. The Bertz CT molecular complexity index is 486. The zero-order valence-corrected chi connectivity index (χ0v) is 13.3. The van der Waals surface area contributed by atoms with Crippen LogP contribution in [-0.4, -0.2) is 23.0 Å². The smallest absolute Gasteiger partial charge is 0.326 e. The lowest BCUT2D eigenvalue weighted by molar-refractivity contribution is -0.142. The van der Waals surface area contributed by atoms with Crippen molar-refractivity contribution >= 4 is 11.9 Å². The Hall–Kier alpha value is -1.84. The molecular weight excluding hydrogens is 266 g/mol. The fourth-order valence-electron chi connectivity index (χ4n) is 2.07. The van der Waals surface area contributed by atoms with Crippen LogP contribution in [-0.2, 0) is 11.2 Å². The monoisotopic (exact) mass is 291 g/mol. The molecule has 0 heterocycles. The number of aryl methyl sites for hydroxylation is 1. The molecule has 0 saturated heterocycles. The molecule has 116 valence electrons. The molecule has 1 aromatic rings. The van der Waals surface area contributed by atoms with Gasteiger partial charge in [0, 0.05) is 5.56 Å². The largest absolute Gasteiger partial charge is 0.480 e. The molecule has 0 fully saturated rings. The normalized spacial score (nSPS) is 12.8. The van der Waals surface area contributed by atoms with E-state index in [0.717, 1.165) is 19.3 Å². The summed E-state index contributed by atoms with van der Waals surface area (Å²) in [5.74, 6) is -1.37. The van der Waals surface area contributed by atoms with Gasteiger partial charge in [-0.1, -0.05) is 46.2 Å². The van der Waals surface area contributed by atoms with Crippen LogP contribution in [0.4, 0.5) is 0 Å². The third-order valence-electron chi connectivity index (χ3n) is 3.42. The van der Waals surface area contributed by atoms with Crippen molar-refractivity contribution in [3.63, 3.8) is 0 Å². The van der Waals surface area contributed by atoms with Crippen LogP contribution >= 0.6 is 0 Å². The Kier molecular flexibility index (Phi) is 5.94. The molecule has 0 aliphatic heterocycles. The van der Waals surface area contributed by atoms with Gasteiger partial charge in [0.05, 0.1) is 0 Å². The van der Waals surface area contributed by atoms with E-state index in [1.54, 1.807) is 32.9 Å². The molecule has 1 amide bonds. The molecule has 0 spiro atoms. The second-order valence-electron chi connectivity index (χ2n) is 6.41. The molecule has 0 saturated carbocycles. The molecule has 0 aliphatic rings. The van der Waals surface area contributed by atoms with E-state index in [0.29, 0.717) is 5.56 Å². The van der Waals surface area contributed by atoms with Gasteiger partial charge in [-0.2, -0.15) is 0 Å². The lowest BCUT2D eigenvalue weighted by Gasteiger charge is -2.27. The summed E-state index contributed by atoms with van der Waals surface area (Å²) in [5, 5.41) is 11.8. The highest BCUT2D eigenvalue weighted by Crippen LogP contribution is 2.20. The topological polar surface area (TPSA) is 66.4 Å². The van der Waals surface area contributed by atoms with E-state index in [-0.39, 0.29) is 5.91 Å². The average Bonchev–Trinajstić information content (AvgIpc) is 2.41. The van der Waals surface area contributed by atoms with Crippen LogP contribution in [0.1, 0.15) is 56.5 Å². The standard InChI is InChI=1S/C17H25NO3/c1-5-6-7-12-8-10-13(11-9-12)15(19)18-14(16(20)21)17(2,3)4/h8-11,14H,5-7H2,1-4H3,(H,18,19)(H,20,21)/t14-/m1/s1. The van der Waals surface area contributed by atoms with Gasteiger partial charge in [-0.05, 0) is 36.0 Å². The molecule has 1 atom stereocenters. The van der Waals surface area contributed by atoms with Crippen LogP contribution in [0, 0.1) is 5.41 Å². The van der Waals surface area contributed by atoms with Crippen molar-refractivity contribution in [1.82, 2.24) is 5.32 Å². The van der Waals surface area contributed by atoms with Gasteiger partial charge in [-0.15, -0.1) is 0 Å². The van der Waals surface area contributed by atoms with Crippen LogP contribution < -0.4 is 5.32 Å². The molecular formula is C17H25NO3. The van der Waals surface area contributed by atoms with E-state index in [9.17, 15) is 14.7 Å². The highest BCUT2D eigenvalue weighted by Gasteiger charge is 2.32. The third-order valence-corrected chi connectivity index (χ3v) is 3.42. The molecule has 1 aromatic carbocycles. The van der Waals surface area contributed by atoms with Gasteiger partial charge < -0.3 is 10.4 Å². The van der Waals surface area contributed by atoms with Crippen molar-refractivity contribution in [3.8, 4) is 0 Å². The number of carboxylic acids is 1. The molecule has 0 bridgehead atoms. The number of hydrogen-bond donors (Lipinski definition) is 2. The quantitative estimate of drug-likeness (QED) is 0.845. The van der Waals surface area contributed by atoms with E-state index in [4.69, 9.17) is 0 Å². The first-order chi connectivity index (χ1) is 9.75. The van der Waals surface area contributed by atoms with Gasteiger partial charge in [0.1, 0.15) is 6.04 Å². The van der Waals surface area contributed by atoms with E-state index in [1.807, 2.05) is 12.1 Å². The molecule has 0 aromatic heterocycles. The zero-order chi connectivity index (χ0) is 16.0. The summed E-state index contributed by atoms with van der Waals surface area (Å²) in [4.78, 5) is 23.4. The van der Waals surface area contributed by atoms with E-state index >= 15 is 0 Å². The Morgan fingerprint density at radius 1 is 1.19 bits per heavy atom. The van der Waals surface area contributed by atoms with Crippen LogP contribution in [0.3, 0.4) is 0 Å². The van der Waals surface area contributed by atoms with Gasteiger partial charge in [0.15, 0.2) is 0 Å². The minimum atomic E-state index is -1.02. The van der Waals surface area contributed by atoms with Gasteiger partial charge in [0.25, 0.3) is 5.91 Å². The maximum absolute atomic E-state index is 12.2. The minimum Gasteiger partial charge on any atom is -0.480 e. The number of benzene rings is 1. The van der Waals surface area contributed by atoms with Crippen LogP contribution in [0.15, 0.2) is 24.3 Å². The lowest BCUT2D eigenvalue weighted by atomic mass is 9.86. The van der Waals surface area contributed by atoms with Crippen molar-refractivity contribution in [2.45, 2.75) is 53.0 Å². The predicted octanol–water partition coefficient (Wildman–Crippen LogP) is 3.26. The van der Waals surface area contributed by atoms with E-state index in [1.165, 1.54) is 5.56 Å². The Labute approximate surface area is 126 Å². The fraction of sp³-hybridized carbons (Fsp3) is 0.529. The fourth-order valence-corrected chi connectivity index (χ4v) is 2.07. The second kappa shape index (κ2) is 7.25. The first-order valence-electron chi connectivity index (χ1n) is 7.38. The summed E-state index contributed by atoms with van der Waals surface area (Å²) in [5.41, 5.74) is 1.15.